The van der Waals surface area contributed by atoms with Crippen LogP contribution in [0.3, 0.4) is 0 Å². The van der Waals surface area contributed by atoms with Crippen LogP contribution >= 0.6 is 0 Å². The molecule has 0 radical (unpaired) electrons. The summed E-state index contributed by atoms with van der Waals surface area (Å²) in [5.74, 6) is 1.77. The molecule has 1 aromatic carbocycles. The topological polar surface area (TPSA) is 30.5 Å². The summed E-state index contributed by atoms with van der Waals surface area (Å²) in [5, 5.41) is 3.53. The molecule has 0 saturated heterocycles. The molecule has 0 amide bonds. The molecule has 17 heavy (non-hydrogen) atoms. The van der Waals surface area contributed by atoms with Gasteiger partial charge in [0, 0.05) is 18.2 Å². The molecule has 1 N–H and O–H groups in total. The Labute approximate surface area is 102 Å². The molecule has 2 rings (SSSR count). The molecule has 0 heterocycles. The summed E-state index contributed by atoms with van der Waals surface area (Å²) >= 11 is 0. The molecule has 1 aliphatic carbocycles. The molecule has 0 bridgehead atoms. The maximum absolute atomic E-state index is 5.35. The van der Waals surface area contributed by atoms with Crippen LogP contribution in [-0.2, 0) is 6.54 Å². The van der Waals surface area contributed by atoms with Gasteiger partial charge in [-0.25, -0.2) is 0 Å². The third-order valence-electron chi connectivity index (χ3n) is 3.08. The molecule has 0 spiro atoms. The fraction of sp³-hybridized carbons (Fsp3) is 0.429. The third-order valence-corrected chi connectivity index (χ3v) is 3.08. The van der Waals surface area contributed by atoms with E-state index in [2.05, 4.69) is 17.5 Å². The van der Waals surface area contributed by atoms with E-state index in [1.807, 2.05) is 18.2 Å². The lowest BCUT2D eigenvalue weighted by atomic mass is 10.1. The summed E-state index contributed by atoms with van der Waals surface area (Å²) < 4.78 is 10.6. The van der Waals surface area contributed by atoms with Crippen LogP contribution in [-0.4, -0.2) is 20.3 Å². The van der Waals surface area contributed by atoms with Gasteiger partial charge in [-0.2, -0.15) is 0 Å². The fourth-order valence-corrected chi connectivity index (χ4v) is 2.06. The van der Waals surface area contributed by atoms with Gasteiger partial charge in [0.1, 0.15) is 11.5 Å². The zero-order valence-corrected chi connectivity index (χ0v) is 10.4. The number of nitrogens with one attached hydrogen (secondary N) is 1. The van der Waals surface area contributed by atoms with Crippen LogP contribution < -0.4 is 14.8 Å². The molecule has 0 fully saturated rings. The summed E-state index contributed by atoms with van der Waals surface area (Å²) in [4.78, 5) is 0. The Kier molecular flexibility index (Phi) is 4.04. The second kappa shape index (κ2) is 5.73. The van der Waals surface area contributed by atoms with Gasteiger partial charge in [0.05, 0.1) is 14.2 Å². The van der Waals surface area contributed by atoms with Gasteiger partial charge in [0.2, 0.25) is 0 Å². The van der Waals surface area contributed by atoms with Crippen molar-refractivity contribution in [3.8, 4) is 11.5 Å². The predicted molar refractivity (Wildman–Crippen MR) is 68.5 cm³/mol. The first-order valence-corrected chi connectivity index (χ1v) is 5.92. The summed E-state index contributed by atoms with van der Waals surface area (Å²) in [6, 6.07) is 6.45. The average molecular weight is 233 g/mol. The molecule has 92 valence electrons. The number of benzene rings is 1. The highest BCUT2D eigenvalue weighted by molar-refractivity contribution is 5.40. The van der Waals surface area contributed by atoms with E-state index in [0.717, 1.165) is 36.4 Å². The highest BCUT2D eigenvalue weighted by Gasteiger charge is 2.11. The quantitative estimate of drug-likeness (QED) is 0.793. The molecule has 1 aliphatic rings. The van der Waals surface area contributed by atoms with Gasteiger partial charge in [0.25, 0.3) is 0 Å². The van der Waals surface area contributed by atoms with E-state index in [0.29, 0.717) is 6.04 Å². The first-order valence-electron chi connectivity index (χ1n) is 5.92. The van der Waals surface area contributed by atoms with Gasteiger partial charge >= 0.3 is 0 Å². The van der Waals surface area contributed by atoms with Gasteiger partial charge in [-0.05, 0) is 31.0 Å². The van der Waals surface area contributed by atoms with E-state index in [-0.39, 0.29) is 0 Å². The Bertz CT molecular complexity index is 393. The number of rotatable bonds is 5. The first kappa shape index (κ1) is 12.0. The molecular formula is C14H19NO2. The second-order valence-corrected chi connectivity index (χ2v) is 4.20. The maximum Gasteiger partial charge on any atom is 0.123 e. The zero-order chi connectivity index (χ0) is 12.1. The molecule has 0 saturated carbocycles. The molecule has 0 aliphatic heterocycles. The molecule has 0 aromatic heterocycles. The van der Waals surface area contributed by atoms with E-state index in [1.54, 1.807) is 14.2 Å². The van der Waals surface area contributed by atoms with Crippen molar-refractivity contribution < 1.29 is 9.47 Å². The van der Waals surface area contributed by atoms with Crippen LogP contribution in [0.25, 0.3) is 0 Å². The average Bonchev–Trinajstić information content (AvgIpc) is 2.89. The van der Waals surface area contributed by atoms with E-state index < -0.39 is 0 Å². The van der Waals surface area contributed by atoms with Gasteiger partial charge in [0.15, 0.2) is 0 Å². The predicted octanol–water partition coefficient (Wildman–Crippen LogP) is 2.51. The second-order valence-electron chi connectivity index (χ2n) is 4.20. The highest BCUT2D eigenvalue weighted by atomic mass is 16.5. The summed E-state index contributed by atoms with van der Waals surface area (Å²) in [5.41, 5.74) is 1.14. The Morgan fingerprint density at radius 3 is 2.59 bits per heavy atom. The van der Waals surface area contributed by atoms with Crippen LogP contribution in [0.2, 0.25) is 0 Å². The smallest absolute Gasteiger partial charge is 0.123 e. The molecule has 3 heteroatoms. The maximum atomic E-state index is 5.35. The van der Waals surface area contributed by atoms with Gasteiger partial charge in [-0.15, -0.1) is 0 Å². The Morgan fingerprint density at radius 2 is 1.94 bits per heavy atom. The number of methoxy groups -OCH3 is 2. The van der Waals surface area contributed by atoms with Crippen LogP contribution in [0.4, 0.5) is 0 Å². The van der Waals surface area contributed by atoms with Crippen molar-refractivity contribution in [2.75, 3.05) is 14.2 Å². The Morgan fingerprint density at radius 1 is 1.18 bits per heavy atom. The van der Waals surface area contributed by atoms with Crippen LogP contribution in [0, 0.1) is 0 Å². The minimum atomic E-state index is 0.561. The van der Waals surface area contributed by atoms with Crippen molar-refractivity contribution in [3.05, 3.63) is 35.9 Å². The van der Waals surface area contributed by atoms with E-state index in [4.69, 9.17) is 9.47 Å². The zero-order valence-electron chi connectivity index (χ0n) is 10.4. The lowest BCUT2D eigenvalue weighted by Gasteiger charge is -2.15. The first-order chi connectivity index (χ1) is 8.33. The van der Waals surface area contributed by atoms with Crippen molar-refractivity contribution in [2.45, 2.75) is 25.4 Å². The van der Waals surface area contributed by atoms with Crippen molar-refractivity contribution in [1.82, 2.24) is 5.32 Å². The van der Waals surface area contributed by atoms with Crippen LogP contribution in [0.1, 0.15) is 18.4 Å². The molecule has 1 aromatic rings. The number of hydrogen-bond donors (Lipinski definition) is 1. The molecule has 0 atom stereocenters. The van der Waals surface area contributed by atoms with Crippen molar-refractivity contribution in [3.63, 3.8) is 0 Å². The van der Waals surface area contributed by atoms with Gasteiger partial charge in [-0.1, -0.05) is 12.2 Å². The largest absolute Gasteiger partial charge is 0.497 e. The third kappa shape index (κ3) is 3.01. The van der Waals surface area contributed by atoms with Crippen molar-refractivity contribution in [1.29, 1.82) is 0 Å². The van der Waals surface area contributed by atoms with Gasteiger partial charge in [-0.3, -0.25) is 0 Å². The number of hydrogen-bond acceptors (Lipinski definition) is 3. The summed E-state index contributed by atoms with van der Waals surface area (Å²) in [6.45, 7) is 0.812. The molecular weight excluding hydrogens is 214 g/mol. The SMILES string of the molecule is COc1ccc(OC)c(CNC2CC=CC2)c1. The lowest BCUT2D eigenvalue weighted by molar-refractivity contribution is 0.395. The van der Waals surface area contributed by atoms with E-state index >= 15 is 0 Å². The van der Waals surface area contributed by atoms with E-state index in [1.165, 1.54) is 0 Å². The molecule has 0 unspecified atom stereocenters. The minimum absolute atomic E-state index is 0.561. The van der Waals surface area contributed by atoms with E-state index in [9.17, 15) is 0 Å². The fourth-order valence-electron chi connectivity index (χ4n) is 2.06. The lowest BCUT2D eigenvalue weighted by Crippen LogP contribution is -2.25. The van der Waals surface area contributed by atoms with Crippen LogP contribution in [0.5, 0.6) is 11.5 Å². The normalized spacial score (nSPS) is 15.2. The highest BCUT2D eigenvalue weighted by Crippen LogP contribution is 2.24. The number of ether oxygens (including phenoxy) is 2. The van der Waals surface area contributed by atoms with Gasteiger partial charge < -0.3 is 14.8 Å². The summed E-state index contributed by atoms with van der Waals surface area (Å²) in [7, 11) is 3.38. The van der Waals surface area contributed by atoms with Crippen molar-refractivity contribution >= 4 is 0 Å². The monoisotopic (exact) mass is 233 g/mol. The Hall–Kier alpha value is -1.48. The molecule has 3 nitrogen and oxygen atoms in total. The summed E-state index contributed by atoms with van der Waals surface area (Å²) in [6.07, 6.45) is 6.68. The standard InChI is InChI=1S/C14H19NO2/c1-16-13-7-8-14(17-2)11(9-13)10-15-12-5-3-4-6-12/h3-4,7-9,12,15H,5-6,10H2,1-2H3. The van der Waals surface area contributed by atoms with Crippen molar-refractivity contribution in [2.24, 2.45) is 0 Å². The van der Waals surface area contributed by atoms with Crippen LogP contribution in [0.15, 0.2) is 30.4 Å². The Balaban J connectivity index is 2.01. The minimum Gasteiger partial charge on any atom is -0.497 e.